The van der Waals surface area contributed by atoms with Crippen molar-refractivity contribution in [2.75, 3.05) is 0 Å². The lowest BCUT2D eigenvalue weighted by Gasteiger charge is -2.19. The molecule has 0 atom stereocenters. The van der Waals surface area contributed by atoms with Crippen LogP contribution >= 0.6 is 0 Å². The van der Waals surface area contributed by atoms with Crippen molar-refractivity contribution < 1.29 is 4.74 Å². The highest BCUT2D eigenvalue weighted by Gasteiger charge is 2.22. The molecule has 5 nitrogen and oxygen atoms in total. The Labute approximate surface area is 283 Å². The summed E-state index contributed by atoms with van der Waals surface area (Å²) in [6.07, 6.45) is 3.87. The molecular weight excluding hydrogens is 589 g/mol. The van der Waals surface area contributed by atoms with E-state index < -0.39 is 0 Å². The van der Waals surface area contributed by atoms with Crippen LogP contribution < -0.4 is 4.74 Å². The van der Waals surface area contributed by atoms with Crippen LogP contribution in [0.1, 0.15) is 63.7 Å². The molecule has 242 valence electrons. The van der Waals surface area contributed by atoms with Gasteiger partial charge in [0.25, 0.3) is 0 Å². The standard InChI is InChI=1S/C43H44N4O/c1-10-13-33-21-34(47-32(9)43(31(8)45-47)42-29(6)27(4)26(3)28(5)30(42)7)23-36(22-33)48-35-16-17-38-37-14-11-12-15-39(37)46(40(38)24-35)41-20-25(2)18-19-44-41/h11-12,14-24H,10,13H2,1-9H3. The Kier molecular flexibility index (Phi) is 7.95. The minimum atomic E-state index is 0.782. The highest BCUT2D eigenvalue weighted by Crippen LogP contribution is 2.39. The summed E-state index contributed by atoms with van der Waals surface area (Å²) in [4.78, 5) is 4.75. The van der Waals surface area contributed by atoms with Gasteiger partial charge in [-0.2, -0.15) is 5.10 Å². The van der Waals surface area contributed by atoms with Crippen LogP contribution in [0.15, 0.2) is 79.0 Å². The summed E-state index contributed by atoms with van der Waals surface area (Å²) < 4.78 is 11.1. The Bertz CT molecular complexity index is 2340. The molecule has 3 heterocycles. The maximum atomic E-state index is 6.72. The second-order valence-electron chi connectivity index (χ2n) is 13.4. The number of hydrogen-bond donors (Lipinski definition) is 0. The average molecular weight is 633 g/mol. The minimum absolute atomic E-state index is 0.782. The van der Waals surface area contributed by atoms with Gasteiger partial charge in [0.1, 0.15) is 17.3 Å². The first-order valence-corrected chi connectivity index (χ1v) is 17.0. The summed E-state index contributed by atoms with van der Waals surface area (Å²) in [5, 5.41) is 7.50. The molecule has 0 N–H and O–H groups in total. The molecule has 7 rings (SSSR count). The Morgan fingerprint density at radius 1 is 0.646 bits per heavy atom. The minimum Gasteiger partial charge on any atom is -0.457 e. The zero-order valence-electron chi connectivity index (χ0n) is 29.6. The summed E-state index contributed by atoms with van der Waals surface area (Å²) in [7, 11) is 0. The molecule has 0 aliphatic heterocycles. The largest absolute Gasteiger partial charge is 0.457 e. The monoisotopic (exact) mass is 632 g/mol. The zero-order chi connectivity index (χ0) is 33.9. The summed E-state index contributed by atoms with van der Waals surface area (Å²) in [6, 6.07) is 25.6. The molecule has 4 aromatic carbocycles. The third-order valence-corrected chi connectivity index (χ3v) is 10.3. The molecule has 0 aliphatic rings. The predicted octanol–water partition coefficient (Wildman–Crippen LogP) is 11.2. The lowest BCUT2D eigenvalue weighted by atomic mass is 9.85. The van der Waals surface area contributed by atoms with E-state index in [4.69, 9.17) is 14.8 Å². The number of nitrogens with zero attached hydrogens (tertiary/aromatic N) is 4. The van der Waals surface area contributed by atoms with Crippen molar-refractivity contribution in [3.63, 3.8) is 0 Å². The van der Waals surface area contributed by atoms with Crippen molar-refractivity contribution in [2.45, 2.75) is 75.2 Å². The molecule has 0 radical (unpaired) electrons. The maximum absolute atomic E-state index is 6.72. The van der Waals surface area contributed by atoms with Crippen LogP contribution in [0.5, 0.6) is 11.5 Å². The fourth-order valence-electron chi connectivity index (χ4n) is 7.43. The highest BCUT2D eigenvalue weighted by atomic mass is 16.5. The van der Waals surface area contributed by atoms with E-state index in [0.717, 1.165) is 58.3 Å². The molecule has 0 amide bonds. The van der Waals surface area contributed by atoms with Crippen molar-refractivity contribution in [3.05, 3.63) is 129 Å². The van der Waals surface area contributed by atoms with E-state index in [-0.39, 0.29) is 0 Å². The van der Waals surface area contributed by atoms with Gasteiger partial charge in [0, 0.05) is 40.4 Å². The second kappa shape index (κ2) is 12.1. The quantitative estimate of drug-likeness (QED) is 0.176. The van der Waals surface area contributed by atoms with E-state index in [9.17, 15) is 0 Å². The first-order chi connectivity index (χ1) is 23.1. The number of benzene rings is 4. The molecule has 3 aromatic heterocycles. The van der Waals surface area contributed by atoms with Crippen LogP contribution in [0, 0.1) is 55.4 Å². The molecule has 5 heteroatoms. The van der Waals surface area contributed by atoms with Gasteiger partial charge in [0.05, 0.1) is 22.4 Å². The molecule has 0 saturated carbocycles. The van der Waals surface area contributed by atoms with Gasteiger partial charge < -0.3 is 4.74 Å². The predicted molar refractivity (Wildman–Crippen MR) is 200 cm³/mol. The third kappa shape index (κ3) is 5.18. The van der Waals surface area contributed by atoms with E-state index in [1.807, 2.05) is 12.3 Å². The van der Waals surface area contributed by atoms with E-state index in [1.54, 1.807) is 0 Å². The van der Waals surface area contributed by atoms with Gasteiger partial charge in [-0.3, -0.25) is 4.57 Å². The molecule has 0 spiro atoms. The lowest BCUT2D eigenvalue weighted by molar-refractivity contribution is 0.482. The Hall–Kier alpha value is -5.16. The lowest BCUT2D eigenvalue weighted by Crippen LogP contribution is -2.03. The third-order valence-electron chi connectivity index (χ3n) is 10.3. The van der Waals surface area contributed by atoms with Crippen molar-refractivity contribution in [1.82, 2.24) is 19.3 Å². The van der Waals surface area contributed by atoms with E-state index in [1.165, 1.54) is 60.8 Å². The fourth-order valence-corrected chi connectivity index (χ4v) is 7.43. The van der Waals surface area contributed by atoms with Crippen LogP contribution in [0.3, 0.4) is 0 Å². The van der Waals surface area contributed by atoms with Crippen LogP contribution in [-0.2, 0) is 6.42 Å². The van der Waals surface area contributed by atoms with Gasteiger partial charge in [0.2, 0.25) is 0 Å². The van der Waals surface area contributed by atoms with Crippen molar-refractivity contribution >= 4 is 21.8 Å². The second-order valence-corrected chi connectivity index (χ2v) is 13.4. The van der Waals surface area contributed by atoms with E-state index >= 15 is 0 Å². The highest BCUT2D eigenvalue weighted by molar-refractivity contribution is 6.09. The number of fused-ring (bicyclic) bond motifs is 3. The summed E-state index contributed by atoms with van der Waals surface area (Å²) >= 11 is 0. The van der Waals surface area contributed by atoms with Crippen molar-refractivity contribution in [1.29, 1.82) is 0 Å². The Morgan fingerprint density at radius 2 is 1.35 bits per heavy atom. The number of aromatic nitrogens is 4. The number of ether oxygens (including phenoxy) is 1. The SMILES string of the molecule is CCCc1cc(Oc2ccc3c4ccccc4n(-c4cc(C)ccn4)c3c2)cc(-n2nc(C)c(-c3c(C)c(C)c(C)c(C)c3C)c2C)c1. The van der Waals surface area contributed by atoms with E-state index in [0.29, 0.717) is 0 Å². The first kappa shape index (κ1) is 31.4. The average Bonchev–Trinajstić information content (AvgIpc) is 3.56. The number of pyridine rings is 1. The van der Waals surface area contributed by atoms with E-state index in [2.05, 4.69) is 138 Å². The molecule has 0 aliphatic carbocycles. The molecule has 7 aromatic rings. The molecule has 48 heavy (non-hydrogen) atoms. The normalized spacial score (nSPS) is 11.6. The van der Waals surface area contributed by atoms with Crippen LogP contribution in [0.4, 0.5) is 0 Å². The van der Waals surface area contributed by atoms with Crippen LogP contribution in [0.2, 0.25) is 0 Å². The van der Waals surface area contributed by atoms with Gasteiger partial charge in [-0.15, -0.1) is 0 Å². The summed E-state index contributed by atoms with van der Waals surface area (Å²) in [6.45, 7) is 19.8. The molecule has 0 saturated heterocycles. The number of rotatable bonds is 7. The van der Waals surface area contributed by atoms with Gasteiger partial charge in [-0.25, -0.2) is 9.67 Å². The number of aryl methyl sites for hydroxylation is 3. The van der Waals surface area contributed by atoms with Crippen molar-refractivity contribution in [3.8, 4) is 34.1 Å². The van der Waals surface area contributed by atoms with Crippen LogP contribution in [-0.4, -0.2) is 19.3 Å². The first-order valence-electron chi connectivity index (χ1n) is 17.0. The maximum Gasteiger partial charge on any atom is 0.137 e. The zero-order valence-corrected chi connectivity index (χ0v) is 29.6. The van der Waals surface area contributed by atoms with Gasteiger partial charge in [-0.1, -0.05) is 31.5 Å². The Balaban J connectivity index is 1.34. The summed E-state index contributed by atoms with van der Waals surface area (Å²) in [5.74, 6) is 2.48. The molecule has 0 unspecified atom stereocenters. The number of hydrogen-bond acceptors (Lipinski definition) is 3. The Morgan fingerprint density at radius 3 is 2.08 bits per heavy atom. The molecular formula is C43H44N4O. The topological polar surface area (TPSA) is 44.9 Å². The van der Waals surface area contributed by atoms with Gasteiger partial charge in [-0.05, 0) is 149 Å². The number of para-hydroxylation sites is 1. The van der Waals surface area contributed by atoms with Gasteiger partial charge in [0.15, 0.2) is 0 Å². The molecule has 0 bridgehead atoms. The van der Waals surface area contributed by atoms with Crippen LogP contribution in [0.25, 0.3) is 44.4 Å². The molecule has 0 fully saturated rings. The smallest absolute Gasteiger partial charge is 0.137 e. The van der Waals surface area contributed by atoms with Gasteiger partial charge >= 0.3 is 0 Å². The van der Waals surface area contributed by atoms with Crippen molar-refractivity contribution in [2.24, 2.45) is 0 Å². The summed E-state index contributed by atoms with van der Waals surface area (Å²) in [5.41, 5.74) is 17.1. The fraction of sp³-hybridized carbons (Fsp3) is 0.256.